The summed E-state index contributed by atoms with van der Waals surface area (Å²) in [6.07, 6.45) is 4.95. The molecule has 1 aromatic heterocycles. The average Bonchev–Trinajstić information content (AvgIpc) is 3.00. The Balaban J connectivity index is 2.18. The summed E-state index contributed by atoms with van der Waals surface area (Å²) in [4.78, 5) is 15.9. The first-order valence-corrected chi connectivity index (χ1v) is 8.32. The molecular weight excluding hydrogens is 326 g/mol. The third-order valence-corrected chi connectivity index (χ3v) is 3.81. The summed E-state index contributed by atoms with van der Waals surface area (Å²) in [6, 6.07) is 7.19. The van der Waals surface area contributed by atoms with Crippen molar-refractivity contribution in [2.45, 2.75) is 24.9 Å². The molecule has 0 atom stereocenters. The zero-order valence-corrected chi connectivity index (χ0v) is 14.2. The molecular formula is C17H19N3O3S. The second-order valence-corrected chi connectivity index (χ2v) is 5.91. The number of carboxylic acids is 1. The summed E-state index contributed by atoms with van der Waals surface area (Å²) in [5.41, 5.74) is 0.728. The van der Waals surface area contributed by atoms with Crippen LogP contribution >= 0.6 is 11.8 Å². The van der Waals surface area contributed by atoms with Crippen LogP contribution in [-0.2, 0) is 11.2 Å². The van der Waals surface area contributed by atoms with Gasteiger partial charge in [0.1, 0.15) is 23.1 Å². The molecule has 0 aliphatic carbocycles. The maximum atomic E-state index is 11.5. The van der Waals surface area contributed by atoms with Gasteiger partial charge in [-0.3, -0.25) is 5.10 Å². The monoisotopic (exact) mass is 345 g/mol. The van der Waals surface area contributed by atoms with Crippen molar-refractivity contribution in [1.82, 2.24) is 15.2 Å². The van der Waals surface area contributed by atoms with E-state index in [-0.39, 0.29) is 4.91 Å². The number of benzene rings is 1. The molecule has 2 aromatic rings. The molecule has 0 saturated heterocycles. The molecule has 1 aromatic carbocycles. The van der Waals surface area contributed by atoms with E-state index >= 15 is 0 Å². The SMILES string of the molecule is C=CCOc1cccc(/C=C(\Sc2n[nH]c(CCC)n2)C(=O)O)c1. The molecule has 2 rings (SSSR count). The zero-order valence-electron chi connectivity index (χ0n) is 13.4. The summed E-state index contributed by atoms with van der Waals surface area (Å²) in [5, 5.41) is 16.7. The molecule has 2 N–H and O–H groups in total. The van der Waals surface area contributed by atoms with Crippen molar-refractivity contribution in [2.24, 2.45) is 0 Å². The first-order valence-electron chi connectivity index (χ1n) is 7.50. The van der Waals surface area contributed by atoms with Crippen LogP contribution in [0.3, 0.4) is 0 Å². The number of aromatic amines is 1. The second kappa shape index (κ2) is 8.93. The van der Waals surface area contributed by atoms with Crippen molar-refractivity contribution in [1.29, 1.82) is 0 Å². The number of aliphatic carboxylic acids is 1. The van der Waals surface area contributed by atoms with Crippen molar-refractivity contribution < 1.29 is 14.6 Å². The fourth-order valence-electron chi connectivity index (χ4n) is 1.91. The van der Waals surface area contributed by atoms with Crippen molar-refractivity contribution >= 4 is 23.8 Å². The topological polar surface area (TPSA) is 88.1 Å². The number of carbonyl (C=O) groups is 1. The fourth-order valence-corrected chi connectivity index (χ4v) is 2.63. The van der Waals surface area contributed by atoms with Gasteiger partial charge < -0.3 is 9.84 Å². The third kappa shape index (κ3) is 5.27. The van der Waals surface area contributed by atoms with E-state index in [0.717, 1.165) is 36.0 Å². The number of aryl methyl sites for hydroxylation is 1. The molecule has 0 spiro atoms. The van der Waals surface area contributed by atoms with Gasteiger partial charge in [0.25, 0.3) is 0 Å². The Morgan fingerprint density at radius 1 is 1.50 bits per heavy atom. The maximum absolute atomic E-state index is 11.5. The number of aromatic nitrogens is 3. The Kier molecular flexibility index (Phi) is 6.62. The first-order chi connectivity index (χ1) is 11.6. The molecule has 126 valence electrons. The standard InChI is InChI=1S/C17H19N3O3S/c1-3-6-15-18-17(20-19-15)24-14(16(21)22)11-12-7-5-8-13(10-12)23-9-4-2/h4-5,7-8,10-11H,2-3,6,9H2,1H3,(H,21,22)(H,18,19,20)/b14-11-. The Morgan fingerprint density at radius 3 is 3.04 bits per heavy atom. The van der Waals surface area contributed by atoms with Crippen molar-refractivity contribution in [3.8, 4) is 5.75 Å². The summed E-state index contributed by atoms with van der Waals surface area (Å²) >= 11 is 1.01. The quantitative estimate of drug-likeness (QED) is 0.410. The van der Waals surface area contributed by atoms with Gasteiger partial charge in [-0.1, -0.05) is 31.7 Å². The minimum atomic E-state index is -1.03. The van der Waals surface area contributed by atoms with Gasteiger partial charge in [-0.15, -0.1) is 5.10 Å². The fraction of sp³-hybridized carbons (Fsp3) is 0.235. The van der Waals surface area contributed by atoms with Gasteiger partial charge >= 0.3 is 5.97 Å². The number of rotatable bonds is 9. The highest BCUT2D eigenvalue weighted by atomic mass is 32.2. The molecule has 0 radical (unpaired) electrons. The minimum Gasteiger partial charge on any atom is -0.490 e. The van der Waals surface area contributed by atoms with Gasteiger partial charge in [0.2, 0.25) is 5.16 Å². The molecule has 0 bridgehead atoms. The normalized spacial score (nSPS) is 11.3. The number of hydrogen-bond donors (Lipinski definition) is 2. The molecule has 0 amide bonds. The van der Waals surface area contributed by atoms with E-state index in [2.05, 4.69) is 21.8 Å². The predicted octanol–water partition coefficient (Wildman–Crippen LogP) is 3.54. The molecule has 0 unspecified atom stereocenters. The van der Waals surface area contributed by atoms with Gasteiger partial charge in [-0.05, 0) is 42.0 Å². The Bertz CT molecular complexity index is 740. The van der Waals surface area contributed by atoms with Crippen LogP contribution in [0.1, 0.15) is 24.7 Å². The molecule has 0 aliphatic rings. The number of ether oxygens (including phenoxy) is 1. The highest BCUT2D eigenvalue weighted by Gasteiger charge is 2.13. The molecule has 0 saturated carbocycles. The molecule has 0 fully saturated rings. The zero-order chi connectivity index (χ0) is 17.4. The van der Waals surface area contributed by atoms with Crippen LogP contribution in [-0.4, -0.2) is 32.9 Å². The van der Waals surface area contributed by atoms with E-state index < -0.39 is 5.97 Å². The summed E-state index contributed by atoms with van der Waals surface area (Å²) in [5.74, 6) is 0.380. The number of nitrogens with zero attached hydrogens (tertiary/aromatic N) is 2. The average molecular weight is 345 g/mol. The lowest BCUT2D eigenvalue weighted by Gasteiger charge is -2.04. The van der Waals surface area contributed by atoms with Crippen LogP contribution in [0, 0.1) is 0 Å². The van der Waals surface area contributed by atoms with Crippen molar-refractivity contribution in [3.05, 3.63) is 53.2 Å². The summed E-state index contributed by atoms with van der Waals surface area (Å²) < 4.78 is 5.46. The van der Waals surface area contributed by atoms with Crippen LogP contribution in [0.5, 0.6) is 5.75 Å². The van der Waals surface area contributed by atoms with Crippen LogP contribution in [0.4, 0.5) is 0 Å². The highest BCUT2D eigenvalue weighted by molar-refractivity contribution is 8.04. The van der Waals surface area contributed by atoms with Gasteiger partial charge in [0.15, 0.2) is 0 Å². The number of hydrogen-bond acceptors (Lipinski definition) is 5. The van der Waals surface area contributed by atoms with Crippen molar-refractivity contribution in [2.75, 3.05) is 6.61 Å². The highest BCUT2D eigenvalue weighted by Crippen LogP contribution is 2.26. The van der Waals surface area contributed by atoms with Crippen LogP contribution in [0.15, 0.2) is 47.0 Å². The van der Waals surface area contributed by atoms with Gasteiger partial charge in [-0.25, -0.2) is 9.78 Å². The van der Waals surface area contributed by atoms with Gasteiger partial charge in [0, 0.05) is 6.42 Å². The Labute approximate surface area is 144 Å². The molecule has 24 heavy (non-hydrogen) atoms. The minimum absolute atomic E-state index is 0.137. The number of thioether (sulfide) groups is 1. The van der Waals surface area contributed by atoms with Gasteiger partial charge in [-0.2, -0.15) is 0 Å². The van der Waals surface area contributed by atoms with E-state index in [9.17, 15) is 9.90 Å². The lowest BCUT2D eigenvalue weighted by atomic mass is 10.2. The Morgan fingerprint density at radius 2 is 2.33 bits per heavy atom. The van der Waals surface area contributed by atoms with E-state index in [1.54, 1.807) is 30.4 Å². The first kappa shape index (κ1) is 17.8. The maximum Gasteiger partial charge on any atom is 0.342 e. The predicted molar refractivity (Wildman–Crippen MR) is 94.0 cm³/mol. The second-order valence-electron chi connectivity index (χ2n) is 4.90. The van der Waals surface area contributed by atoms with Crippen molar-refractivity contribution in [3.63, 3.8) is 0 Å². The Hall–Kier alpha value is -2.54. The third-order valence-electron chi connectivity index (χ3n) is 2.93. The van der Waals surface area contributed by atoms with Gasteiger partial charge in [0.05, 0.1) is 0 Å². The molecule has 1 heterocycles. The number of H-pyrrole nitrogens is 1. The summed E-state index contributed by atoms with van der Waals surface area (Å²) in [7, 11) is 0. The van der Waals surface area contributed by atoms with E-state index in [1.165, 1.54) is 0 Å². The van der Waals surface area contributed by atoms with Crippen LogP contribution < -0.4 is 4.74 Å². The smallest absolute Gasteiger partial charge is 0.342 e. The van der Waals surface area contributed by atoms with E-state index in [0.29, 0.717) is 17.5 Å². The van der Waals surface area contributed by atoms with E-state index in [4.69, 9.17) is 4.74 Å². The number of carboxylic acid groups (broad SMARTS) is 1. The van der Waals surface area contributed by atoms with Crippen LogP contribution in [0.2, 0.25) is 0 Å². The molecule has 0 aliphatic heterocycles. The van der Waals surface area contributed by atoms with E-state index in [1.807, 2.05) is 13.0 Å². The lowest BCUT2D eigenvalue weighted by molar-refractivity contribution is -0.131. The lowest BCUT2D eigenvalue weighted by Crippen LogP contribution is -1.98. The largest absolute Gasteiger partial charge is 0.490 e. The molecule has 6 nitrogen and oxygen atoms in total. The van der Waals surface area contributed by atoms with Crippen LogP contribution in [0.25, 0.3) is 6.08 Å². The summed E-state index contributed by atoms with van der Waals surface area (Å²) in [6.45, 7) is 6.03. The molecule has 7 heteroatoms. The number of nitrogens with one attached hydrogen (secondary N) is 1.